The second-order valence-electron chi connectivity index (χ2n) is 4.13. The number of anilines is 1. The fourth-order valence-corrected chi connectivity index (χ4v) is 1.91. The van der Waals surface area contributed by atoms with Crippen LogP contribution in [0.15, 0.2) is 12.3 Å². The number of pyridine rings is 1. The summed E-state index contributed by atoms with van der Waals surface area (Å²) in [5.74, 6) is -0.183. The number of nitrogens with zero attached hydrogens (tertiary/aromatic N) is 2. The second-order valence-corrected chi connectivity index (χ2v) is 4.56. The van der Waals surface area contributed by atoms with Gasteiger partial charge in [0.25, 0.3) is 0 Å². The van der Waals surface area contributed by atoms with Crippen LogP contribution < -0.4 is 4.90 Å². The van der Waals surface area contributed by atoms with Gasteiger partial charge < -0.3 is 10.0 Å². The minimum Gasteiger partial charge on any atom is -0.388 e. The van der Waals surface area contributed by atoms with Crippen molar-refractivity contribution in [2.24, 2.45) is 0 Å². The predicted octanol–water partition coefficient (Wildman–Crippen LogP) is 1.84. The molecule has 0 aliphatic carbocycles. The lowest BCUT2D eigenvalue weighted by Crippen LogP contribution is -2.30. The van der Waals surface area contributed by atoms with Crippen molar-refractivity contribution < 1.29 is 9.50 Å². The molecule has 1 atom stereocenters. The van der Waals surface area contributed by atoms with Crippen LogP contribution in [-0.4, -0.2) is 28.8 Å². The van der Waals surface area contributed by atoms with Gasteiger partial charge in [0.05, 0.1) is 10.6 Å². The SMILES string of the molecule is CC1(O)CCN(c2ncc(Cl)cc2F)C1. The predicted molar refractivity (Wildman–Crippen MR) is 56.7 cm³/mol. The highest BCUT2D eigenvalue weighted by Gasteiger charge is 2.33. The highest BCUT2D eigenvalue weighted by Crippen LogP contribution is 2.27. The summed E-state index contributed by atoms with van der Waals surface area (Å²) in [7, 11) is 0. The van der Waals surface area contributed by atoms with Crippen molar-refractivity contribution in [3.05, 3.63) is 23.1 Å². The second kappa shape index (κ2) is 3.61. The summed E-state index contributed by atoms with van der Waals surface area (Å²) in [6.45, 7) is 2.75. The van der Waals surface area contributed by atoms with Gasteiger partial charge in [-0.25, -0.2) is 9.37 Å². The average Bonchev–Trinajstić information content (AvgIpc) is 2.46. The molecule has 0 radical (unpaired) electrons. The summed E-state index contributed by atoms with van der Waals surface area (Å²) >= 11 is 5.61. The molecule has 0 spiro atoms. The van der Waals surface area contributed by atoms with Crippen LogP contribution in [-0.2, 0) is 0 Å². The lowest BCUT2D eigenvalue weighted by molar-refractivity contribution is 0.0838. The molecule has 82 valence electrons. The van der Waals surface area contributed by atoms with Gasteiger partial charge in [0.2, 0.25) is 0 Å². The molecule has 1 aromatic heterocycles. The molecular weight excluding hydrogens is 219 g/mol. The number of β-amino-alcohol motifs (C(OH)–C–C–N with tert-alkyl or cyclic N) is 1. The maximum atomic E-state index is 13.5. The van der Waals surface area contributed by atoms with Gasteiger partial charge in [0.1, 0.15) is 0 Å². The van der Waals surface area contributed by atoms with E-state index in [1.165, 1.54) is 12.3 Å². The van der Waals surface area contributed by atoms with Crippen LogP contribution in [0.2, 0.25) is 5.02 Å². The van der Waals surface area contributed by atoms with Crippen molar-refractivity contribution in [3.63, 3.8) is 0 Å². The van der Waals surface area contributed by atoms with E-state index >= 15 is 0 Å². The van der Waals surface area contributed by atoms with Gasteiger partial charge in [-0.2, -0.15) is 0 Å². The van der Waals surface area contributed by atoms with Gasteiger partial charge in [0, 0.05) is 19.3 Å². The summed E-state index contributed by atoms with van der Waals surface area (Å²) in [5.41, 5.74) is -0.756. The summed E-state index contributed by atoms with van der Waals surface area (Å²) in [6.07, 6.45) is 2.03. The summed E-state index contributed by atoms with van der Waals surface area (Å²) < 4.78 is 13.5. The molecule has 1 aliphatic rings. The van der Waals surface area contributed by atoms with Gasteiger partial charge in [0.15, 0.2) is 11.6 Å². The minimum atomic E-state index is -0.756. The largest absolute Gasteiger partial charge is 0.388 e. The Hall–Kier alpha value is -0.870. The number of aliphatic hydroxyl groups is 1. The Morgan fingerprint density at radius 3 is 2.93 bits per heavy atom. The smallest absolute Gasteiger partial charge is 0.167 e. The van der Waals surface area contributed by atoms with Crippen molar-refractivity contribution in [1.29, 1.82) is 0 Å². The molecule has 2 rings (SSSR count). The molecule has 1 aromatic rings. The fraction of sp³-hybridized carbons (Fsp3) is 0.500. The van der Waals surface area contributed by atoms with E-state index in [4.69, 9.17) is 11.6 Å². The summed E-state index contributed by atoms with van der Waals surface area (Å²) in [4.78, 5) is 5.66. The molecule has 5 heteroatoms. The lowest BCUT2D eigenvalue weighted by Gasteiger charge is -2.20. The van der Waals surface area contributed by atoms with Crippen LogP contribution in [0.25, 0.3) is 0 Å². The standard InChI is InChI=1S/C10H12ClFN2O/c1-10(15)2-3-14(6-10)9-8(12)4-7(11)5-13-9/h4-5,15H,2-3,6H2,1H3. The monoisotopic (exact) mass is 230 g/mol. The van der Waals surface area contributed by atoms with E-state index in [1.54, 1.807) is 11.8 Å². The molecule has 0 amide bonds. The van der Waals surface area contributed by atoms with E-state index in [0.29, 0.717) is 19.5 Å². The molecule has 1 N–H and O–H groups in total. The van der Waals surface area contributed by atoms with E-state index in [2.05, 4.69) is 4.98 Å². The molecule has 1 unspecified atom stereocenters. The van der Waals surface area contributed by atoms with Gasteiger partial charge in [-0.15, -0.1) is 0 Å². The first-order valence-corrected chi connectivity index (χ1v) is 5.14. The van der Waals surface area contributed by atoms with Crippen molar-refractivity contribution >= 4 is 17.4 Å². The van der Waals surface area contributed by atoms with Crippen LogP contribution in [0.3, 0.4) is 0 Å². The first-order valence-electron chi connectivity index (χ1n) is 4.76. The van der Waals surface area contributed by atoms with Gasteiger partial charge in [-0.3, -0.25) is 0 Å². The van der Waals surface area contributed by atoms with Crippen LogP contribution in [0.4, 0.5) is 10.2 Å². The third kappa shape index (κ3) is 2.21. The van der Waals surface area contributed by atoms with Gasteiger partial charge in [-0.1, -0.05) is 11.6 Å². The Morgan fingerprint density at radius 2 is 2.40 bits per heavy atom. The molecule has 1 saturated heterocycles. The Morgan fingerprint density at radius 1 is 1.67 bits per heavy atom. The Balaban J connectivity index is 2.24. The van der Waals surface area contributed by atoms with Crippen LogP contribution in [0, 0.1) is 5.82 Å². The molecule has 0 saturated carbocycles. The lowest BCUT2D eigenvalue weighted by atomic mass is 10.1. The molecule has 2 heterocycles. The Kier molecular flexibility index (Phi) is 2.56. The van der Waals surface area contributed by atoms with Crippen LogP contribution in [0.5, 0.6) is 0 Å². The zero-order valence-corrected chi connectivity index (χ0v) is 9.13. The van der Waals surface area contributed by atoms with E-state index in [1.807, 2.05) is 0 Å². The molecular formula is C10H12ClFN2O. The molecule has 0 bridgehead atoms. The Labute approximate surface area is 92.5 Å². The number of rotatable bonds is 1. The third-order valence-corrected chi connectivity index (χ3v) is 2.75. The first kappa shape index (κ1) is 10.6. The van der Waals surface area contributed by atoms with E-state index in [0.717, 1.165) is 0 Å². The van der Waals surface area contributed by atoms with Crippen molar-refractivity contribution in [2.45, 2.75) is 18.9 Å². The topological polar surface area (TPSA) is 36.4 Å². The molecule has 0 aromatic carbocycles. The maximum Gasteiger partial charge on any atom is 0.167 e. The third-order valence-electron chi connectivity index (χ3n) is 2.54. The zero-order valence-electron chi connectivity index (χ0n) is 8.37. The highest BCUT2D eigenvalue weighted by atomic mass is 35.5. The Bertz CT molecular complexity index is 384. The quantitative estimate of drug-likeness (QED) is 0.800. The maximum absolute atomic E-state index is 13.5. The first-order chi connectivity index (χ1) is 6.98. The number of hydrogen-bond donors (Lipinski definition) is 1. The number of aromatic nitrogens is 1. The molecule has 15 heavy (non-hydrogen) atoms. The van der Waals surface area contributed by atoms with Crippen molar-refractivity contribution in [2.75, 3.05) is 18.0 Å². The summed E-state index contributed by atoms with van der Waals surface area (Å²) in [5, 5.41) is 10.0. The average molecular weight is 231 g/mol. The zero-order chi connectivity index (χ0) is 11.1. The fourth-order valence-electron chi connectivity index (χ4n) is 1.77. The van der Waals surface area contributed by atoms with Gasteiger partial charge >= 0.3 is 0 Å². The van der Waals surface area contributed by atoms with Crippen LogP contribution >= 0.6 is 11.6 Å². The van der Waals surface area contributed by atoms with E-state index in [9.17, 15) is 9.50 Å². The normalized spacial score (nSPS) is 26.0. The highest BCUT2D eigenvalue weighted by molar-refractivity contribution is 6.30. The minimum absolute atomic E-state index is 0.261. The molecule has 1 aliphatic heterocycles. The molecule has 1 fully saturated rings. The van der Waals surface area contributed by atoms with Crippen molar-refractivity contribution in [3.8, 4) is 0 Å². The number of hydrogen-bond acceptors (Lipinski definition) is 3. The summed E-state index contributed by atoms with van der Waals surface area (Å²) in [6, 6.07) is 1.23. The van der Waals surface area contributed by atoms with Gasteiger partial charge in [-0.05, 0) is 19.4 Å². The van der Waals surface area contributed by atoms with Crippen molar-refractivity contribution in [1.82, 2.24) is 4.98 Å². The number of halogens is 2. The molecule has 3 nitrogen and oxygen atoms in total. The van der Waals surface area contributed by atoms with E-state index in [-0.39, 0.29) is 10.8 Å². The van der Waals surface area contributed by atoms with Crippen LogP contribution in [0.1, 0.15) is 13.3 Å². The van der Waals surface area contributed by atoms with E-state index < -0.39 is 11.4 Å².